The Hall–Kier alpha value is -1.31. The number of nitrogen functional groups attached to an aromatic ring is 1. The Labute approximate surface area is 79.5 Å². The molecule has 0 aliphatic heterocycles. The Balaban J connectivity index is 3.12. The molecule has 2 N–H and O–H groups in total. The summed E-state index contributed by atoms with van der Waals surface area (Å²) in [6.07, 6.45) is 5.27. The van der Waals surface area contributed by atoms with E-state index in [4.69, 9.17) is 5.73 Å². The largest absolute Gasteiger partial charge is 0.384 e. The van der Waals surface area contributed by atoms with Gasteiger partial charge < -0.3 is 5.73 Å². The summed E-state index contributed by atoms with van der Waals surface area (Å²) in [5.74, 6) is 0.596. The fourth-order valence-electron chi connectivity index (χ4n) is 1.20. The molecular weight excluding hydrogens is 160 g/mol. The number of anilines is 1. The quantitative estimate of drug-likeness (QED) is 0.752. The highest BCUT2D eigenvalue weighted by atomic mass is 14.8. The first kappa shape index (κ1) is 9.78. The van der Waals surface area contributed by atoms with Gasteiger partial charge in [-0.05, 0) is 37.5 Å². The van der Waals surface area contributed by atoms with E-state index in [0.29, 0.717) is 5.82 Å². The van der Waals surface area contributed by atoms with Gasteiger partial charge in [-0.1, -0.05) is 19.1 Å². The normalized spacial score (nSPS) is 11.0. The molecule has 0 saturated heterocycles. The van der Waals surface area contributed by atoms with Crippen LogP contribution in [0.2, 0.25) is 0 Å². The first-order valence-corrected chi connectivity index (χ1v) is 4.55. The zero-order valence-electron chi connectivity index (χ0n) is 8.46. The van der Waals surface area contributed by atoms with E-state index in [1.807, 2.05) is 13.0 Å². The highest BCUT2D eigenvalue weighted by molar-refractivity contribution is 5.58. The van der Waals surface area contributed by atoms with E-state index in [9.17, 15) is 0 Å². The smallest absolute Gasteiger partial charge is 0.124 e. The lowest BCUT2D eigenvalue weighted by Gasteiger charge is -2.05. The van der Waals surface area contributed by atoms with Gasteiger partial charge in [0, 0.05) is 5.69 Å². The molecule has 0 atom stereocenters. The zero-order chi connectivity index (χ0) is 9.84. The second-order valence-electron chi connectivity index (χ2n) is 3.16. The lowest BCUT2D eigenvalue weighted by molar-refractivity contribution is 1.15. The van der Waals surface area contributed by atoms with Gasteiger partial charge in [0.1, 0.15) is 5.82 Å². The van der Waals surface area contributed by atoms with Crippen molar-refractivity contribution < 1.29 is 0 Å². The van der Waals surface area contributed by atoms with Gasteiger partial charge in [-0.15, -0.1) is 0 Å². The lowest BCUT2D eigenvalue weighted by Crippen LogP contribution is -1.96. The van der Waals surface area contributed by atoms with Gasteiger partial charge in [0.15, 0.2) is 0 Å². The molecule has 1 rings (SSSR count). The Morgan fingerprint density at radius 3 is 2.77 bits per heavy atom. The number of aryl methyl sites for hydroxylation is 1. The van der Waals surface area contributed by atoms with E-state index in [0.717, 1.165) is 12.1 Å². The monoisotopic (exact) mass is 176 g/mol. The summed E-state index contributed by atoms with van der Waals surface area (Å²) >= 11 is 0. The Bertz CT molecular complexity index is 327. The number of hydrogen-bond donors (Lipinski definition) is 1. The summed E-state index contributed by atoms with van der Waals surface area (Å²) in [4.78, 5) is 4.19. The summed E-state index contributed by atoms with van der Waals surface area (Å²) < 4.78 is 0. The third-order valence-corrected chi connectivity index (χ3v) is 2.11. The first-order valence-electron chi connectivity index (χ1n) is 4.55. The van der Waals surface area contributed by atoms with Crippen LogP contribution in [0, 0.1) is 13.8 Å². The summed E-state index contributed by atoms with van der Waals surface area (Å²) in [7, 11) is 0. The summed E-state index contributed by atoms with van der Waals surface area (Å²) in [6, 6.07) is 1.91. The average molecular weight is 176 g/mol. The first-order chi connectivity index (χ1) is 6.15. The standard InChI is InChI=1S/C11H16N2/c1-4-5-6-10-7-11(12)13-9(3)8(10)2/h5-7H,4H2,1-3H3,(H2,12,13)/b6-5-. The van der Waals surface area contributed by atoms with Crippen LogP contribution in [-0.4, -0.2) is 4.98 Å². The van der Waals surface area contributed by atoms with Gasteiger partial charge in [-0.2, -0.15) is 0 Å². The van der Waals surface area contributed by atoms with Gasteiger partial charge in [0.2, 0.25) is 0 Å². The van der Waals surface area contributed by atoms with E-state index in [1.165, 1.54) is 11.1 Å². The highest BCUT2D eigenvalue weighted by Crippen LogP contribution is 2.15. The molecule has 0 radical (unpaired) electrons. The molecule has 1 heterocycles. The van der Waals surface area contributed by atoms with E-state index in [2.05, 4.69) is 31.0 Å². The number of hydrogen-bond acceptors (Lipinski definition) is 2. The fraction of sp³-hybridized carbons (Fsp3) is 0.364. The number of allylic oxidation sites excluding steroid dienone is 1. The second-order valence-corrected chi connectivity index (χ2v) is 3.16. The minimum Gasteiger partial charge on any atom is -0.384 e. The van der Waals surface area contributed by atoms with E-state index in [1.54, 1.807) is 0 Å². The molecule has 0 aliphatic rings. The molecule has 13 heavy (non-hydrogen) atoms. The van der Waals surface area contributed by atoms with Crippen molar-refractivity contribution in [3.8, 4) is 0 Å². The minimum atomic E-state index is 0.596. The molecule has 0 aliphatic carbocycles. The van der Waals surface area contributed by atoms with Crippen molar-refractivity contribution in [3.05, 3.63) is 29.0 Å². The molecule has 2 heteroatoms. The predicted molar refractivity (Wildman–Crippen MR) is 57.4 cm³/mol. The van der Waals surface area contributed by atoms with Crippen LogP contribution in [0.15, 0.2) is 12.1 Å². The molecule has 0 aromatic carbocycles. The molecule has 1 aromatic rings. The topological polar surface area (TPSA) is 38.9 Å². The van der Waals surface area contributed by atoms with Crippen molar-refractivity contribution in [3.63, 3.8) is 0 Å². The molecule has 0 spiro atoms. The molecule has 0 amide bonds. The molecule has 1 aromatic heterocycles. The number of rotatable bonds is 2. The molecule has 0 unspecified atom stereocenters. The molecule has 0 saturated carbocycles. The summed E-state index contributed by atoms with van der Waals surface area (Å²) in [5.41, 5.74) is 9.05. The minimum absolute atomic E-state index is 0.596. The molecular formula is C11H16N2. The molecule has 2 nitrogen and oxygen atoms in total. The Kier molecular flexibility index (Phi) is 3.07. The van der Waals surface area contributed by atoms with E-state index >= 15 is 0 Å². The van der Waals surface area contributed by atoms with Crippen LogP contribution in [-0.2, 0) is 0 Å². The van der Waals surface area contributed by atoms with Crippen molar-refractivity contribution in [1.82, 2.24) is 4.98 Å². The van der Waals surface area contributed by atoms with Crippen molar-refractivity contribution in [1.29, 1.82) is 0 Å². The highest BCUT2D eigenvalue weighted by Gasteiger charge is 2.00. The van der Waals surface area contributed by atoms with Crippen molar-refractivity contribution in [2.75, 3.05) is 5.73 Å². The molecule has 0 bridgehead atoms. The van der Waals surface area contributed by atoms with Crippen LogP contribution in [0.25, 0.3) is 6.08 Å². The third kappa shape index (κ3) is 2.31. The van der Waals surface area contributed by atoms with Crippen LogP contribution < -0.4 is 5.73 Å². The zero-order valence-corrected chi connectivity index (χ0v) is 8.46. The number of aromatic nitrogens is 1. The van der Waals surface area contributed by atoms with Crippen LogP contribution in [0.3, 0.4) is 0 Å². The number of pyridine rings is 1. The van der Waals surface area contributed by atoms with Crippen LogP contribution >= 0.6 is 0 Å². The van der Waals surface area contributed by atoms with Crippen molar-refractivity contribution in [2.45, 2.75) is 27.2 Å². The number of nitrogens with zero attached hydrogens (tertiary/aromatic N) is 1. The lowest BCUT2D eigenvalue weighted by atomic mass is 10.1. The van der Waals surface area contributed by atoms with Crippen LogP contribution in [0.4, 0.5) is 5.82 Å². The van der Waals surface area contributed by atoms with Crippen LogP contribution in [0.1, 0.15) is 30.2 Å². The van der Waals surface area contributed by atoms with Gasteiger partial charge >= 0.3 is 0 Å². The van der Waals surface area contributed by atoms with Gasteiger partial charge in [0.25, 0.3) is 0 Å². The SMILES string of the molecule is CC/C=C\c1cc(N)nc(C)c1C. The fourth-order valence-corrected chi connectivity index (χ4v) is 1.20. The van der Waals surface area contributed by atoms with E-state index in [-0.39, 0.29) is 0 Å². The van der Waals surface area contributed by atoms with E-state index < -0.39 is 0 Å². The maximum absolute atomic E-state index is 5.66. The van der Waals surface area contributed by atoms with Gasteiger partial charge in [-0.25, -0.2) is 4.98 Å². The molecule has 70 valence electrons. The summed E-state index contributed by atoms with van der Waals surface area (Å²) in [5, 5.41) is 0. The Morgan fingerprint density at radius 1 is 1.46 bits per heavy atom. The number of nitrogens with two attached hydrogens (primary N) is 1. The van der Waals surface area contributed by atoms with Crippen LogP contribution in [0.5, 0.6) is 0 Å². The Morgan fingerprint density at radius 2 is 2.15 bits per heavy atom. The van der Waals surface area contributed by atoms with Crippen molar-refractivity contribution in [2.24, 2.45) is 0 Å². The second kappa shape index (κ2) is 4.08. The van der Waals surface area contributed by atoms with Crippen molar-refractivity contribution >= 4 is 11.9 Å². The van der Waals surface area contributed by atoms with Gasteiger partial charge in [0.05, 0.1) is 0 Å². The average Bonchev–Trinajstić information content (AvgIpc) is 2.09. The molecule has 0 fully saturated rings. The maximum atomic E-state index is 5.66. The summed E-state index contributed by atoms with van der Waals surface area (Å²) in [6.45, 7) is 6.16. The maximum Gasteiger partial charge on any atom is 0.124 e. The van der Waals surface area contributed by atoms with Gasteiger partial charge in [-0.3, -0.25) is 0 Å². The third-order valence-electron chi connectivity index (χ3n) is 2.11. The predicted octanol–water partition coefficient (Wildman–Crippen LogP) is 2.70.